The van der Waals surface area contributed by atoms with Gasteiger partial charge in [-0.3, -0.25) is 9.59 Å². The minimum Gasteiger partial charge on any atom is -0.508 e. The number of phenolic OH excluding ortho intramolecular Hbond substituents is 2. The molecule has 18 heavy (non-hydrogen) atoms. The molecule has 1 rings (SSSR count). The van der Waals surface area contributed by atoms with E-state index in [0.717, 1.165) is 6.07 Å². The molecule has 98 valence electrons. The number of benzene rings is 1. The van der Waals surface area contributed by atoms with Crippen LogP contribution in [-0.4, -0.2) is 45.2 Å². The first-order valence-corrected chi connectivity index (χ1v) is 5.48. The lowest BCUT2D eigenvalue weighted by Crippen LogP contribution is -2.32. The van der Waals surface area contributed by atoms with Gasteiger partial charge < -0.3 is 20.2 Å². The smallest absolute Gasteiger partial charge is 0.305 e. The van der Waals surface area contributed by atoms with E-state index in [1.807, 2.05) is 0 Å². The number of carbonyl (C=O) groups is 2. The van der Waals surface area contributed by atoms with Crippen molar-refractivity contribution < 1.29 is 24.9 Å². The number of carbonyl (C=O) groups excluding carboxylic acids is 1. The van der Waals surface area contributed by atoms with Crippen LogP contribution >= 0.6 is 0 Å². The van der Waals surface area contributed by atoms with Crippen LogP contribution in [0.1, 0.15) is 23.7 Å². The second-order valence-corrected chi connectivity index (χ2v) is 3.73. The summed E-state index contributed by atoms with van der Waals surface area (Å²) in [5.41, 5.74) is -0.0396. The van der Waals surface area contributed by atoms with Crippen LogP contribution in [0.2, 0.25) is 0 Å². The average Bonchev–Trinajstić information content (AvgIpc) is 2.32. The molecule has 0 fully saturated rings. The van der Waals surface area contributed by atoms with Gasteiger partial charge in [0, 0.05) is 13.1 Å². The number of carboxylic acid groups (broad SMARTS) is 1. The zero-order valence-electron chi connectivity index (χ0n) is 9.96. The lowest BCUT2D eigenvalue weighted by molar-refractivity contribution is -0.137. The van der Waals surface area contributed by atoms with Crippen LogP contribution in [0.5, 0.6) is 11.5 Å². The van der Waals surface area contributed by atoms with E-state index in [4.69, 9.17) is 5.11 Å². The first-order valence-electron chi connectivity index (χ1n) is 5.48. The zero-order chi connectivity index (χ0) is 13.7. The Morgan fingerprint density at radius 3 is 2.50 bits per heavy atom. The van der Waals surface area contributed by atoms with E-state index < -0.39 is 11.9 Å². The average molecular weight is 253 g/mol. The van der Waals surface area contributed by atoms with Crippen molar-refractivity contribution in [1.82, 2.24) is 4.90 Å². The first-order chi connectivity index (χ1) is 8.45. The van der Waals surface area contributed by atoms with Gasteiger partial charge in [-0.25, -0.2) is 0 Å². The molecule has 0 saturated heterocycles. The van der Waals surface area contributed by atoms with Crippen molar-refractivity contribution in [3.05, 3.63) is 23.8 Å². The minimum absolute atomic E-state index is 0.0396. The third-order valence-corrected chi connectivity index (χ3v) is 2.48. The van der Waals surface area contributed by atoms with E-state index in [2.05, 4.69) is 0 Å². The van der Waals surface area contributed by atoms with Crippen molar-refractivity contribution in [2.75, 3.05) is 13.1 Å². The van der Waals surface area contributed by atoms with Crippen LogP contribution in [0.3, 0.4) is 0 Å². The molecule has 0 bridgehead atoms. The van der Waals surface area contributed by atoms with Gasteiger partial charge >= 0.3 is 5.97 Å². The molecule has 0 spiro atoms. The maximum Gasteiger partial charge on any atom is 0.305 e. The molecular formula is C12H15NO5. The SMILES string of the molecule is CCN(CCC(=O)O)C(=O)c1cc(O)ccc1O. The molecule has 0 heterocycles. The zero-order valence-corrected chi connectivity index (χ0v) is 9.96. The van der Waals surface area contributed by atoms with Gasteiger partial charge in [-0.15, -0.1) is 0 Å². The molecule has 0 unspecified atom stereocenters. The predicted octanol–water partition coefficient (Wildman–Crippen LogP) is 1.03. The Morgan fingerprint density at radius 2 is 1.94 bits per heavy atom. The molecule has 0 aliphatic rings. The maximum atomic E-state index is 12.0. The number of rotatable bonds is 5. The highest BCUT2D eigenvalue weighted by atomic mass is 16.4. The number of nitrogens with zero attached hydrogens (tertiary/aromatic N) is 1. The third-order valence-electron chi connectivity index (χ3n) is 2.48. The molecule has 6 heteroatoms. The standard InChI is InChI=1S/C12H15NO5/c1-2-13(6-5-11(16)17)12(18)9-7-8(14)3-4-10(9)15/h3-4,7,14-15H,2,5-6H2,1H3,(H,16,17). The highest BCUT2D eigenvalue weighted by molar-refractivity contribution is 5.97. The summed E-state index contributed by atoms with van der Waals surface area (Å²) in [6, 6.07) is 3.63. The van der Waals surface area contributed by atoms with Crippen LogP contribution in [0.25, 0.3) is 0 Å². The largest absolute Gasteiger partial charge is 0.508 e. The molecule has 0 aliphatic carbocycles. The Hall–Kier alpha value is -2.24. The first kappa shape index (κ1) is 13.8. The fraction of sp³-hybridized carbons (Fsp3) is 0.333. The summed E-state index contributed by atoms with van der Waals surface area (Å²) < 4.78 is 0. The van der Waals surface area contributed by atoms with E-state index in [1.165, 1.54) is 17.0 Å². The Labute approximate surface area is 104 Å². The van der Waals surface area contributed by atoms with Crippen molar-refractivity contribution in [2.45, 2.75) is 13.3 Å². The van der Waals surface area contributed by atoms with Gasteiger partial charge in [0.15, 0.2) is 0 Å². The molecule has 0 aliphatic heterocycles. The highest BCUT2D eigenvalue weighted by Gasteiger charge is 2.18. The molecule has 1 aromatic rings. The van der Waals surface area contributed by atoms with Crippen molar-refractivity contribution in [1.29, 1.82) is 0 Å². The maximum absolute atomic E-state index is 12.0. The van der Waals surface area contributed by atoms with Crippen molar-refractivity contribution in [3.63, 3.8) is 0 Å². The molecule has 3 N–H and O–H groups in total. The second-order valence-electron chi connectivity index (χ2n) is 3.73. The second kappa shape index (κ2) is 5.90. The lowest BCUT2D eigenvalue weighted by Gasteiger charge is -2.20. The van der Waals surface area contributed by atoms with E-state index in [9.17, 15) is 19.8 Å². The van der Waals surface area contributed by atoms with Crippen molar-refractivity contribution in [3.8, 4) is 11.5 Å². The normalized spacial score (nSPS) is 10.1. The summed E-state index contributed by atoms with van der Waals surface area (Å²) in [6.45, 7) is 2.08. The van der Waals surface area contributed by atoms with Crippen LogP contribution in [-0.2, 0) is 4.79 Å². The molecule has 1 amide bonds. The Balaban J connectivity index is 2.89. The number of carboxylic acids is 1. The summed E-state index contributed by atoms with van der Waals surface area (Å²) in [7, 11) is 0. The van der Waals surface area contributed by atoms with Crippen molar-refractivity contribution >= 4 is 11.9 Å². The lowest BCUT2D eigenvalue weighted by atomic mass is 10.1. The minimum atomic E-state index is -0.999. The van der Waals surface area contributed by atoms with Gasteiger partial charge in [-0.1, -0.05) is 0 Å². The molecule has 1 aromatic carbocycles. The number of phenols is 2. The van der Waals surface area contributed by atoms with Gasteiger partial charge in [0.25, 0.3) is 5.91 Å². The van der Waals surface area contributed by atoms with E-state index in [0.29, 0.717) is 6.54 Å². The Kier molecular flexibility index (Phi) is 4.53. The summed E-state index contributed by atoms with van der Waals surface area (Å²) in [4.78, 5) is 23.8. The molecule has 0 radical (unpaired) electrons. The number of amides is 1. The van der Waals surface area contributed by atoms with Gasteiger partial charge in [-0.2, -0.15) is 0 Å². The number of hydrogen-bond donors (Lipinski definition) is 3. The van der Waals surface area contributed by atoms with Crippen LogP contribution in [0.15, 0.2) is 18.2 Å². The molecule has 6 nitrogen and oxygen atoms in total. The Bertz CT molecular complexity index is 458. The highest BCUT2D eigenvalue weighted by Crippen LogP contribution is 2.23. The van der Waals surface area contributed by atoms with Crippen LogP contribution < -0.4 is 0 Å². The molecule has 0 atom stereocenters. The fourth-order valence-corrected chi connectivity index (χ4v) is 1.50. The van der Waals surface area contributed by atoms with Crippen molar-refractivity contribution in [2.24, 2.45) is 0 Å². The quantitative estimate of drug-likeness (QED) is 0.681. The van der Waals surface area contributed by atoms with E-state index >= 15 is 0 Å². The summed E-state index contributed by atoms with van der Waals surface area (Å²) in [5.74, 6) is -1.88. The van der Waals surface area contributed by atoms with E-state index in [-0.39, 0.29) is 30.0 Å². The van der Waals surface area contributed by atoms with E-state index in [1.54, 1.807) is 6.92 Å². The van der Waals surface area contributed by atoms with Crippen LogP contribution in [0.4, 0.5) is 0 Å². The van der Waals surface area contributed by atoms with Crippen LogP contribution in [0, 0.1) is 0 Å². The van der Waals surface area contributed by atoms with Gasteiger partial charge in [0.2, 0.25) is 0 Å². The monoisotopic (exact) mass is 253 g/mol. The number of aliphatic carboxylic acids is 1. The Morgan fingerprint density at radius 1 is 1.28 bits per heavy atom. The molecular weight excluding hydrogens is 238 g/mol. The van der Waals surface area contributed by atoms with Gasteiger partial charge in [-0.05, 0) is 25.1 Å². The summed E-state index contributed by atoms with van der Waals surface area (Å²) in [6.07, 6.45) is -0.168. The number of aromatic hydroxyl groups is 2. The summed E-state index contributed by atoms with van der Waals surface area (Å²) >= 11 is 0. The van der Waals surface area contributed by atoms with Gasteiger partial charge in [0.1, 0.15) is 11.5 Å². The fourth-order valence-electron chi connectivity index (χ4n) is 1.50. The molecule has 0 aromatic heterocycles. The third kappa shape index (κ3) is 3.38. The predicted molar refractivity (Wildman–Crippen MR) is 63.6 cm³/mol. The molecule has 0 saturated carbocycles. The van der Waals surface area contributed by atoms with Gasteiger partial charge in [0.05, 0.1) is 12.0 Å². The summed E-state index contributed by atoms with van der Waals surface area (Å²) in [5, 5.41) is 27.4. The topological polar surface area (TPSA) is 98.1 Å². The number of hydrogen-bond acceptors (Lipinski definition) is 4.